The third-order valence-electron chi connectivity index (χ3n) is 3.65. The summed E-state index contributed by atoms with van der Waals surface area (Å²) < 4.78 is 0. The van der Waals surface area contributed by atoms with Crippen LogP contribution in [-0.4, -0.2) is 18.5 Å². The number of halogens is 1. The molecular formula is C15H32ClP. The molecule has 0 saturated heterocycles. The van der Waals surface area contributed by atoms with Crippen LogP contribution in [0.25, 0.3) is 0 Å². The van der Waals surface area contributed by atoms with Crippen molar-refractivity contribution in [1.82, 2.24) is 0 Å². The summed E-state index contributed by atoms with van der Waals surface area (Å²) in [6, 6.07) is 0. The Hall–Kier alpha value is 0.460. The zero-order chi connectivity index (χ0) is 13.2. The first-order valence-electron chi connectivity index (χ1n) is 7.41. The topological polar surface area (TPSA) is 0 Å². The summed E-state index contributed by atoms with van der Waals surface area (Å²) >= 11 is 7.28. The van der Waals surface area contributed by atoms with E-state index in [1.165, 1.54) is 57.0 Å². The molecule has 0 heterocycles. The molecule has 0 rings (SSSR count). The zero-order valence-corrected chi connectivity index (χ0v) is 14.0. The number of hydrogen-bond acceptors (Lipinski definition) is 0. The molecule has 0 N–H and O–H groups in total. The number of rotatable bonds is 10. The summed E-state index contributed by atoms with van der Waals surface area (Å²) in [4.78, 5) is 0. The molecule has 104 valence electrons. The van der Waals surface area contributed by atoms with Crippen molar-refractivity contribution in [3.8, 4) is 0 Å². The Bertz CT molecular complexity index is 198. The average Bonchev–Trinajstić information content (AvgIpc) is 2.33. The van der Waals surface area contributed by atoms with Gasteiger partial charge in [-0.2, -0.15) is 0 Å². The molecule has 0 unspecified atom stereocenters. The Morgan fingerprint density at radius 3 is 1.41 bits per heavy atom. The van der Waals surface area contributed by atoms with E-state index in [2.05, 4.69) is 39.6 Å². The van der Waals surface area contributed by atoms with Gasteiger partial charge in [0.2, 0.25) is 0 Å². The van der Waals surface area contributed by atoms with Gasteiger partial charge in [-0.15, -0.1) is 0 Å². The summed E-state index contributed by atoms with van der Waals surface area (Å²) in [6.45, 7) is 8.95. The Balaban J connectivity index is 4.90. The van der Waals surface area contributed by atoms with E-state index in [-0.39, 0.29) is 0 Å². The van der Waals surface area contributed by atoms with Gasteiger partial charge >= 0.3 is 114 Å². The van der Waals surface area contributed by atoms with E-state index in [0.29, 0.717) is 0 Å². The number of hydrogen-bond donors (Lipinski definition) is 0. The molecule has 0 aromatic carbocycles. The molecule has 17 heavy (non-hydrogen) atoms. The molecule has 0 bridgehead atoms. The van der Waals surface area contributed by atoms with Crippen molar-refractivity contribution in [1.29, 1.82) is 0 Å². The van der Waals surface area contributed by atoms with E-state index in [9.17, 15) is 0 Å². The molecule has 0 aromatic heterocycles. The van der Waals surface area contributed by atoms with E-state index in [4.69, 9.17) is 11.2 Å². The molecular weight excluding hydrogens is 247 g/mol. The second kappa shape index (κ2) is 8.54. The Kier molecular flexibility index (Phi) is 8.77. The van der Waals surface area contributed by atoms with E-state index in [1.807, 2.05) is 0 Å². The second-order valence-electron chi connectivity index (χ2n) is 5.39. The van der Waals surface area contributed by atoms with Crippen LogP contribution in [0.5, 0.6) is 0 Å². The van der Waals surface area contributed by atoms with Crippen molar-refractivity contribution in [2.45, 2.75) is 66.2 Å². The summed E-state index contributed by atoms with van der Waals surface area (Å²) in [5.74, 6) is 0.378. The maximum absolute atomic E-state index is 7.28. The van der Waals surface area contributed by atoms with E-state index >= 15 is 0 Å². The maximum atomic E-state index is 7.28. The first kappa shape index (κ1) is 17.5. The molecule has 0 amide bonds. The van der Waals surface area contributed by atoms with Gasteiger partial charge in [0.15, 0.2) is 0 Å². The van der Waals surface area contributed by atoms with Gasteiger partial charge in [0.1, 0.15) is 0 Å². The molecule has 0 aromatic rings. The van der Waals surface area contributed by atoms with Crippen LogP contribution in [0.1, 0.15) is 66.2 Å². The van der Waals surface area contributed by atoms with Crippen LogP contribution in [-0.2, 0) is 0 Å². The molecule has 0 nitrogen and oxygen atoms in total. The van der Waals surface area contributed by atoms with Crippen LogP contribution < -0.4 is 0 Å². The van der Waals surface area contributed by atoms with Crippen LogP contribution in [0.15, 0.2) is 11.9 Å². The van der Waals surface area contributed by atoms with Crippen molar-refractivity contribution < 1.29 is 0 Å². The summed E-state index contributed by atoms with van der Waals surface area (Å²) in [7, 11) is 0. The van der Waals surface area contributed by atoms with Crippen LogP contribution in [0.2, 0.25) is 0 Å². The van der Waals surface area contributed by atoms with Crippen molar-refractivity contribution in [3.63, 3.8) is 0 Å². The second-order valence-corrected chi connectivity index (χ2v) is 13.1. The number of allylic oxidation sites excluding steroid dienone is 1. The Morgan fingerprint density at radius 2 is 1.18 bits per heavy atom. The average molecular weight is 279 g/mol. The molecule has 2 heteroatoms. The first-order chi connectivity index (χ1) is 8.04. The van der Waals surface area contributed by atoms with Crippen LogP contribution in [0.4, 0.5) is 0 Å². The van der Waals surface area contributed by atoms with Crippen molar-refractivity contribution in [2.75, 3.05) is 18.5 Å². The van der Waals surface area contributed by atoms with Gasteiger partial charge in [-0.05, 0) is 0 Å². The van der Waals surface area contributed by atoms with E-state index in [1.54, 1.807) is 0 Å². The zero-order valence-electron chi connectivity index (χ0n) is 12.3. The monoisotopic (exact) mass is 278 g/mol. The quantitative estimate of drug-likeness (QED) is 0.394. The molecule has 0 spiro atoms. The third-order valence-corrected chi connectivity index (χ3v) is 10.7. The predicted molar refractivity (Wildman–Crippen MR) is 86.9 cm³/mol. The SMILES string of the molecule is CC=CP(Cl)(CCCC)(CCCC)CCCC. The first-order valence-corrected chi connectivity index (χ1v) is 11.2. The van der Waals surface area contributed by atoms with Gasteiger partial charge in [0.05, 0.1) is 0 Å². The van der Waals surface area contributed by atoms with Gasteiger partial charge < -0.3 is 0 Å². The van der Waals surface area contributed by atoms with Gasteiger partial charge in [0, 0.05) is 0 Å². The Labute approximate surface area is 114 Å². The third kappa shape index (κ3) is 6.25. The summed E-state index contributed by atoms with van der Waals surface area (Å²) in [5, 5.41) is 0. The molecule has 0 atom stereocenters. The molecule has 0 aliphatic heterocycles. The van der Waals surface area contributed by atoms with Crippen molar-refractivity contribution in [3.05, 3.63) is 11.9 Å². The summed E-state index contributed by atoms with van der Waals surface area (Å²) in [5.41, 5.74) is 0. The fourth-order valence-corrected chi connectivity index (χ4v) is 9.00. The molecule has 0 aliphatic carbocycles. The van der Waals surface area contributed by atoms with E-state index < -0.39 is 5.96 Å². The Morgan fingerprint density at radius 1 is 0.824 bits per heavy atom. The number of unbranched alkanes of at least 4 members (excludes halogenated alkanes) is 3. The van der Waals surface area contributed by atoms with Gasteiger partial charge in [-0.1, -0.05) is 0 Å². The van der Waals surface area contributed by atoms with Crippen LogP contribution in [0, 0.1) is 0 Å². The van der Waals surface area contributed by atoms with Crippen molar-refractivity contribution in [2.24, 2.45) is 0 Å². The summed E-state index contributed by atoms with van der Waals surface area (Å²) in [6.07, 6.45) is 13.7. The molecule has 0 aliphatic rings. The fraction of sp³-hybridized carbons (Fsp3) is 0.867. The van der Waals surface area contributed by atoms with E-state index in [0.717, 1.165) is 0 Å². The minimum absolute atomic E-state index is 1.26. The van der Waals surface area contributed by atoms with Crippen molar-refractivity contribution >= 4 is 17.2 Å². The van der Waals surface area contributed by atoms with Crippen LogP contribution in [0.3, 0.4) is 0 Å². The molecule has 0 fully saturated rings. The predicted octanol–water partition coefficient (Wildman–Crippen LogP) is 6.63. The minimum atomic E-state index is -2.05. The normalized spacial score (nSPS) is 15.0. The fourth-order valence-electron chi connectivity index (χ4n) is 2.53. The molecule has 0 saturated carbocycles. The van der Waals surface area contributed by atoms with Gasteiger partial charge in [0.25, 0.3) is 0 Å². The van der Waals surface area contributed by atoms with Gasteiger partial charge in [-0.3, -0.25) is 0 Å². The van der Waals surface area contributed by atoms with Crippen LogP contribution >= 0.6 is 17.2 Å². The standard InChI is InChI=1S/C15H32ClP/c1-5-9-13-17(16,12-8-4,14-10-6-2)15-11-7-3/h8,12H,5-7,9-11,13-15H2,1-4H3. The molecule has 0 radical (unpaired) electrons. The van der Waals surface area contributed by atoms with Gasteiger partial charge in [-0.25, -0.2) is 0 Å².